The summed E-state index contributed by atoms with van der Waals surface area (Å²) in [6, 6.07) is 13.4. The number of aryl methyl sites for hydroxylation is 1. The SMILES string of the molecule is CN=C(/C=C/C1=C(C(C)C)C(C)(/C=C(\C)C(C)(C)c2c(C)ccc3ccccc23)CC1)C(C)(C)C. The highest BCUT2D eigenvalue weighted by molar-refractivity contribution is 5.99. The van der Waals surface area contributed by atoms with Gasteiger partial charge < -0.3 is 0 Å². The first-order chi connectivity index (χ1) is 16.2. The van der Waals surface area contributed by atoms with Gasteiger partial charge in [0.05, 0.1) is 0 Å². The van der Waals surface area contributed by atoms with E-state index in [2.05, 4.69) is 129 Å². The van der Waals surface area contributed by atoms with Crippen molar-refractivity contribution in [3.05, 3.63) is 82.5 Å². The molecule has 2 aromatic rings. The van der Waals surface area contributed by atoms with Gasteiger partial charge in [0.1, 0.15) is 0 Å². The van der Waals surface area contributed by atoms with Gasteiger partial charge in [-0.3, -0.25) is 4.99 Å². The summed E-state index contributed by atoms with van der Waals surface area (Å²) in [5, 5.41) is 2.70. The van der Waals surface area contributed by atoms with E-state index in [9.17, 15) is 0 Å². The third kappa shape index (κ3) is 5.40. The van der Waals surface area contributed by atoms with Crippen LogP contribution in [-0.2, 0) is 5.41 Å². The molecule has 1 atom stereocenters. The number of allylic oxidation sites excluding steroid dienone is 6. The molecule has 0 saturated carbocycles. The van der Waals surface area contributed by atoms with Crippen molar-refractivity contribution < 1.29 is 0 Å². The van der Waals surface area contributed by atoms with E-state index in [-0.39, 0.29) is 16.2 Å². The molecule has 0 aliphatic heterocycles. The minimum atomic E-state index is -0.0527. The van der Waals surface area contributed by atoms with E-state index >= 15 is 0 Å². The Balaban J connectivity index is 2.08. The van der Waals surface area contributed by atoms with Gasteiger partial charge in [-0.2, -0.15) is 0 Å². The molecule has 0 radical (unpaired) electrons. The minimum absolute atomic E-state index is 0.0527. The number of aliphatic imine (C=N–C) groups is 1. The van der Waals surface area contributed by atoms with Gasteiger partial charge in [0.25, 0.3) is 0 Å². The molecule has 0 fully saturated rings. The molecule has 2 aromatic carbocycles. The number of nitrogens with zero attached hydrogens (tertiary/aromatic N) is 1. The lowest BCUT2D eigenvalue weighted by Gasteiger charge is -2.35. The largest absolute Gasteiger partial charge is 0.293 e. The van der Waals surface area contributed by atoms with Gasteiger partial charge in [0.2, 0.25) is 0 Å². The highest BCUT2D eigenvalue weighted by Gasteiger charge is 2.37. The first-order valence-electron chi connectivity index (χ1n) is 13.3. The van der Waals surface area contributed by atoms with Crippen LogP contribution in [0.4, 0.5) is 0 Å². The fourth-order valence-corrected chi connectivity index (χ4v) is 6.29. The molecule has 188 valence electrons. The van der Waals surface area contributed by atoms with Crippen molar-refractivity contribution in [3.63, 3.8) is 0 Å². The molecular formula is C34H47N. The number of hydrogen-bond acceptors (Lipinski definition) is 1. The summed E-state index contributed by atoms with van der Waals surface area (Å²) in [5.74, 6) is 0.505. The molecular weight excluding hydrogens is 422 g/mol. The van der Waals surface area contributed by atoms with Crippen LogP contribution in [0.1, 0.15) is 86.3 Å². The molecule has 0 heterocycles. The van der Waals surface area contributed by atoms with Crippen molar-refractivity contribution >= 4 is 16.5 Å². The zero-order valence-electron chi connectivity index (χ0n) is 24.1. The molecule has 0 N–H and O–H groups in total. The number of hydrogen-bond donors (Lipinski definition) is 0. The van der Waals surface area contributed by atoms with Crippen LogP contribution in [0.15, 0.2) is 76.3 Å². The molecule has 0 saturated heterocycles. The molecule has 0 bridgehead atoms. The Hall–Kier alpha value is -2.41. The fraction of sp³-hybridized carbons (Fsp3) is 0.500. The highest BCUT2D eigenvalue weighted by atomic mass is 14.7. The lowest BCUT2D eigenvalue weighted by molar-refractivity contribution is 0.451. The summed E-state index contributed by atoms with van der Waals surface area (Å²) in [5.41, 5.74) is 8.59. The third-order valence-electron chi connectivity index (χ3n) is 8.19. The van der Waals surface area contributed by atoms with E-state index in [1.165, 1.54) is 33.0 Å². The maximum atomic E-state index is 4.57. The lowest BCUT2D eigenvalue weighted by Crippen LogP contribution is -2.24. The quantitative estimate of drug-likeness (QED) is 0.295. The van der Waals surface area contributed by atoms with Crippen LogP contribution >= 0.6 is 0 Å². The second-order valence-electron chi connectivity index (χ2n) is 12.6. The average Bonchev–Trinajstić information content (AvgIpc) is 3.08. The second kappa shape index (κ2) is 9.92. The van der Waals surface area contributed by atoms with Crippen molar-refractivity contribution in [3.8, 4) is 0 Å². The van der Waals surface area contributed by atoms with Gasteiger partial charge in [-0.15, -0.1) is 0 Å². The van der Waals surface area contributed by atoms with E-state index in [0.29, 0.717) is 5.92 Å². The predicted molar refractivity (Wildman–Crippen MR) is 157 cm³/mol. The van der Waals surface area contributed by atoms with Gasteiger partial charge in [-0.1, -0.05) is 115 Å². The zero-order chi connectivity index (χ0) is 26.2. The summed E-state index contributed by atoms with van der Waals surface area (Å²) in [6.07, 6.45) is 9.50. The Morgan fingerprint density at radius 1 is 1.03 bits per heavy atom. The summed E-state index contributed by atoms with van der Waals surface area (Å²) in [4.78, 5) is 4.57. The maximum absolute atomic E-state index is 4.57. The normalized spacial score (nSPS) is 20.7. The third-order valence-corrected chi connectivity index (χ3v) is 8.19. The van der Waals surface area contributed by atoms with Crippen molar-refractivity contribution in [1.82, 2.24) is 0 Å². The van der Waals surface area contributed by atoms with Crippen LogP contribution in [0.2, 0.25) is 0 Å². The van der Waals surface area contributed by atoms with Crippen LogP contribution in [0.3, 0.4) is 0 Å². The predicted octanol–water partition coefficient (Wildman–Crippen LogP) is 9.80. The Morgan fingerprint density at radius 2 is 1.69 bits per heavy atom. The number of benzene rings is 2. The van der Waals surface area contributed by atoms with Crippen LogP contribution in [0.5, 0.6) is 0 Å². The minimum Gasteiger partial charge on any atom is -0.293 e. The van der Waals surface area contributed by atoms with Crippen molar-refractivity contribution in [2.45, 2.75) is 87.5 Å². The first-order valence-corrected chi connectivity index (χ1v) is 13.3. The van der Waals surface area contributed by atoms with Crippen molar-refractivity contribution in [2.24, 2.45) is 21.7 Å². The van der Waals surface area contributed by atoms with Gasteiger partial charge >= 0.3 is 0 Å². The molecule has 1 unspecified atom stereocenters. The van der Waals surface area contributed by atoms with Crippen LogP contribution < -0.4 is 0 Å². The van der Waals surface area contributed by atoms with Gasteiger partial charge in [-0.05, 0) is 66.2 Å². The molecule has 1 nitrogen and oxygen atoms in total. The van der Waals surface area contributed by atoms with Crippen LogP contribution in [0.25, 0.3) is 10.8 Å². The molecule has 1 heteroatoms. The topological polar surface area (TPSA) is 12.4 Å². The van der Waals surface area contributed by atoms with Crippen LogP contribution in [-0.4, -0.2) is 12.8 Å². The van der Waals surface area contributed by atoms with E-state index < -0.39 is 0 Å². The number of rotatable bonds is 6. The molecule has 1 aliphatic rings. The van der Waals surface area contributed by atoms with Crippen molar-refractivity contribution in [2.75, 3.05) is 7.05 Å². The summed E-state index contributed by atoms with van der Waals surface area (Å²) in [6.45, 7) is 23.3. The standard InChI is InChI=1S/C34H47N/c1-23(2)30-27(18-19-29(35-11)32(5,6)7)20-21-34(30,10)22-25(4)33(8,9)31-24(3)16-17-26-14-12-13-15-28(26)31/h12-19,22-23H,20-21H2,1-11H3/b19-18+,25-22+,35-29?. The van der Waals surface area contributed by atoms with E-state index in [1.807, 2.05) is 7.05 Å². The smallest absolute Gasteiger partial charge is 0.0398 e. The van der Waals surface area contributed by atoms with Gasteiger partial charge in [0, 0.05) is 29.0 Å². The molecule has 0 amide bonds. The molecule has 3 rings (SSSR count). The first kappa shape index (κ1) is 27.2. The lowest BCUT2D eigenvalue weighted by atomic mass is 9.69. The monoisotopic (exact) mass is 469 g/mol. The highest BCUT2D eigenvalue weighted by Crippen LogP contribution is 2.50. The summed E-state index contributed by atoms with van der Waals surface area (Å²) in [7, 11) is 1.91. The van der Waals surface area contributed by atoms with E-state index in [4.69, 9.17) is 0 Å². The Bertz CT molecular complexity index is 1210. The van der Waals surface area contributed by atoms with E-state index in [1.54, 1.807) is 5.57 Å². The second-order valence-corrected chi connectivity index (χ2v) is 12.6. The van der Waals surface area contributed by atoms with E-state index in [0.717, 1.165) is 18.6 Å². The molecule has 35 heavy (non-hydrogen) atoms. The Kier molecular flexibility index (Phi) is 7.70. The molecule has 1 aliphatic carbocycles. The van der Waals surface area contributed by atoms with Gasteiger partial charge in [0.15, 0.2) is 0 Å². The summed E-state index contributed by atoms with van der Waals surface area (Å²) < 4.78 is 0. The van der Waals surface area contributed by atoms with Crippen molar-refractivity contribution in [1.29, 1.82) is 0 Å². The molecule has 0 aromatic heterocycles. The maximum Gasteiger partial charge on any atom is 0.0398 e. The molecule has 0 spiro atoms. The average molecular weight is 470 g/mol. The Labute approximate surface area is 215 Å². The Morgan fingerprint density at radius 3 is 2.29 bits per heavy atom. The summed E-state index contributed by atoms with van der Waals surface area (Å²) >= 11 is 0. The van der Waals surface area contributed by atoms with Gasteiger partial charge in [-0.25, -0.2) is 0 Å². The fourth-order valence-electron chi connectivity index (χ4n) is 6.29. The number of fused-ring (bicyclic) bond motifs is 1. The zero-order valence-corrected chi connectivity index (χ0v) is 24.1. The van der Waals surface area contributed by atoms with Crippen LogP contribution in [0, 0.1) is 23.7 Å².